The van der Waals surface area contributed by atoms with Gasteiger partial charge in [0.1, 0.15) is 17.1 Å². The van der Waals surface area contributed by atoms with Crippen LogP contribution in [0.1, 0.15) is 37.6 Å². The topological polar surface area (TPSA) is 55.8 Å². The number of rotatable bonds is 5. The third-order valence-electron chi connectivity index (χ3n) is 2.53. The lowest BCUT2D eigenvalue weighted by atomic mass is 9.93. The van der Waals surface area contributed by atoms with Gasteiger partial charge in [-0.25, -0.2) is 4.79 Å². The second-order valence-electron chi connectivity index (χ2n) is 5.33. The van der Waals surface area contributed by atoms with Crippen molar-refractivity contribution in [2.24, 2.45) is 5.41 Å². The molecule has 0 saturated carbocycles. The van der Waals surface area contributed by atoms with Gasteiger partial charge in [-0.1, -0.05) is 20.8 Å². The molecule has 0 amide bonds. The van der Waals surface area contributed by atoms with Crippen LogP contribution in [0.25, 0.3) is 0 Å². The summed E-state index contributed by atoms with van der Waals surface area (Å²) in [7, 11) is 1.50. The molecule has 0 unspecified atom stereocenters. The van der Waals surface area contributed by atoms with Crippen molar-refractivity contribution >= 4 is 5.97 Å². The molecular weight excluding hydrogens is 232 g/mol. The Labute approximate surface area is 108 Å². The molecular formula is C14H20O4. The number of carbonyl (C=O) groups is 1. The fraction of sp³-hybridized carbons (Fsp3) is 0.500. The Balaban J connectivity index is 2.79. The molecule has 0 aliphatic heterocycles. The SMILES string of the molecule is COc1ccc(OCCC(C)(C)C)c(C(=O)O)c1. The number of hydrogen-bond donors (Lipinski definition) is 1. The van der Waals surface area contributed by atoms with Crippen LogP contribution in [-0.4, -0.2) is 24.8 Å². The predicted octanol–water partition coefficient (Wildman–Crippen LogP) is 3.21. The minimum atomic E-state index is -1.01. The van der Waals surface area contributed by atoms with Gasteiger partial charge in [0.25, 0.3) is 0 Å². The van der Waals surface area contributed by atoms with Gasteiger partial charge in [0, 0.05) is 0 Å². The van der Waals surface area contributed by atoms with Gasteiger partial charge in [0.15, 0.2) is 0 Å². The third kappa shape index (κ3) is 4.28. The highest BCUT2D eigenvalue weighted by Crippen LogP contribution is 2.25. The largest absolute Gasteiger partial charge is 0.497 e. The van der Waals surface area contributed by atoms with E-state index in [1.165, 1.54) is 13.2 Å². The highest BCUT2D eigenvalue weighted by Gasteiger charge is 2.14. The first-order valence-electron chi connectivity index (χ1n) is 5.87. The molecule has 0 spiro atoms. The Morgan fingerprint density at radius 3 is 2.50 bits per heavy atom. The van der Waals surface area contributed by atoms with Crippen LogP contribution in [0.3, 0.4) is 0 Å². The van der Waals surface area contributed by atoms with Crippen molar-refractivity contribution in [1.82, 2.24) is 0 Å². The zero-order valence-corrected chi connectivity index (χ0v) is 11.3. The lowest BCUT2D eigenvalue weighted by Crippen LogP contribution is -2.12. The van der Waals surface area contributed by atoms with Crippen LogP contribution in [0.5, 0.6) is 11.5 Å². The molecule has 4 nitrogen and oxygen atoms in total. The van der Waals surface area contributed by atoms with Crippen molar-refractivity contribution in [1.29, 1.82) is 0 Å². The molecule has 0 atom stereocenters. The van der Waals surface area contributed by atoms with Crippen molar-refractivity contribution < 1.29 is 19.4 Å². The predicted molar refractivity (Wildman–Crippen MR) is 69.5 cm³/mol. The monoisotopic (exact) mass is 252 g/mol. The maximum absolute atomic E-state index is 11.1. The summed E-state index contributed by atoms with van der Waals surface area (Å²) < 4.78 is 10.5. The van der Waals surface area contributed by atoms with E-state index in [0.29, 0.717) is 18.1 Å². The summed E-state index contributed by atoms with van der Waals surface area (Å²) in [4.78, 5) is 11.1. The van der Waals surface area contributed by atoms with Crippen LogP contribution in [0.4, 0.5) is 0 Å². The molecule has 0 radical (unpaired) electrons. The molecule has 0 heterocycles. The van der Waals surface area contributed by atoms with E-state index in [4.69, 9.17) is 14.6 Å². The van der Waals surface area contributed by atoms with Crippen molar-refractivity contribution in [2.45, 2.75) is 27.2 Å². The van der Waals surface area contributed by atoms with Crippen molar-refractivity contribution in [2.75, 3.05) is 13.7 Å². The molecule has 0 bridgehead atoms. The van der Waals surface area contributed by atoms with Crippen LogP contribution in [0, 0.1) is 5.41 Å². The molecule has 1 aromatic rings. The number of carboxylic acids is 1. The Bertz CT molecular complexity index is 418. The summed E-state index contributed by atoms with van der Waals surface area (Å²) in [6.45, 7) is 6.84. The highest BCUT2D eigenvalue weighted by atomic mass is 16.5. The highest BCUT2D eigenvalue weighted by molar-refractivity contribution is 5.91. The van der Waals surface area contributed by atoms with Crippen LogP contribution in [-0.2, 0) is 0 Å². The van der Waals surface area contributed by atoms with Gasteiger partial charge in [-0.15, -0.1) is 0 Å². The maximum atomic E-state index is 11.1. The molecule has 0 aliphatic rings. The number of benzene rings is 1. The average molecular weight is 252 g/mol. The molecule has 100 valence electrons. The van der Waals surface area contributed by atoms with Gasteiger partial charge in [0.2, 0.25) is 0 Å². The maximum Gasteiger partial charge on any atom is 0.339 e. The molecule has 18 heavy (non-hydrogen) atoms. The molecule has 0 aromatic heterocycles. The Kier molecular flexibility index (Phi) is 4.59. The molecule has 1 aromatic carbocycles. The lowest BCUT2D eigenvalue weighted by molar-refractivity contribution is 0.0691. The van der Waals surface area contributed by atoms with E-state index in [1.807, 2.05) is 0 Å². The number of ether oxygens (including phenoxy) is 2. The zero-order chi connectivity index (χ0) is 13.8. The van der Waals surface area contributed by atoms with Gasteiger partial charge >= 0.3 is 5.97 Å². The Morgan fingerprint density at radius 1 is 1.33 bits per heavy atom. The molecule has 0 fully saturated rings. The number of hydrogen-bond acceptors (Lipinski definition) is 3. The van der Waals surface area contributed by atoms with E-state index in [0.717, 1.165) is 6.42 Å². The van der Waals surface area contributed by atoms with Gasteiger partial charge in [0.05, 0.1) is 13.7 Å². The van der Waals surface area contributed by atoms with Crippen LogP contribution in [0.2, 0.25) is 0 Å². The number of methoxy groups -OCH3 is 1. The summed E-state index contributed by atoms with van der Waals surface area (Å²) in [6, 6.07) is 4.79. The summed E-state index contributed by atoms with van der Waals surface area (Å²) in [6.07, 6.45) is 0.859. The standard InChI is InChI=1S/C14H20O4/c1-14(2,3)7-8-18-12-6-5-10(17-4)9-11(12)13(15)16/h5-6,9H,7-8H2,1-4H3,(H,15,16). The van der Waals surface area contributed by atoms with E-state index in [2.05, 4.69) is 20.8 Å². The molecule has 1 rings (SSSR count). The molecule has 0 aliphatic carbocycles. The summed E-state index contributed by atoms with van der Waals surface area (Å²) in [5.41, 5.74) is 0.291. The minimum absolute atomic E-state index is 0.128. The van der Waals surface area contributed by atoms with Crippen molar-refractivity contribution in [3.8, 4) is 11.5 Å². The average Bonchev–Trinajstić information content (AvgIpc) is 2.27. The van der Waals surface area contributed by atoms with E-state index < -0.39 is 5.97 Å². The first kappa shape index (κ1) is 14.4. The third-order valence-corrected chi connectivity index (χ3v) is 2.53. The first-order valence-corrected chi connectivity index (χ1v) is 5.87. The second kappa shape index (κ2) is 5.76. The van der Waals surface area contributed by atoms with E-state index in [-0.39, 0.29) is 11.0 Å². The van der Waals surface area contributed by atoms with Crippen LogP contribution in [0.15, 0.2) is 18.2 Å². The zero-order valence-electron chi connectivity index (χ0n) is 11.3. The first-order chi connectivity index (χ1) is 8.33. The quantitative estimate of drug-likeness (QED) is 0.874. The summed E-state index contributed by atoms with van der Waals surface area (Å²) >= 11 is 0. The van der Waals surface area contributed by atoms with Gasteiger partial charge in [-0.2, -0.15) is 0 Å². The van der Waals surface area contributed by atoms with Gasteiger partial charge in [-0.3, -0.25) is 0 Å². The van der Waals surface area contributed by atoms with E-state index >= 15 is 0 Å². The van der Waals surface area contributed by atoms with Crippen LogP contribution >= 0.6 is 0 Å². The van der Waals surface area contributed by atoms with E-state index in [1.54, 1.807) is 12.1 Å². The van der Waals surface area contributed by atoms with E-state index in [9.17, 15) is 4.79 Å². The second-order valence-corrected chi connectivity index (χ2v) is 5.33. The fourth-order valence-corrected chi connectivity index (χ4v) is 1.40. The smallest absolute Gasteiger partial charge is 0.339 e. The van der Waals surface area contributed by atoms with Gasteiger partial charge < -0.3 is 14.6 Å². The molecule has 0 saturated heterocycles. The number of aromatic carboxylic acids is 1. The fourth-order valence-electron chi connectivity index (χ4n) is 1.40. The number of carboxylic acid groups (broad SMARTS) is 1. The molecule has 1 N–H and O–H groups in total. The Morgan fingerprint density at radius 2 is 2.00 bits per heavy atom. The van der Waals surface area contributed by atoms with Crippen LogP contribution < -0.4 is 9.47 Å². The molecule has 4 heteroatoms. The van der Waals surface area contributed by atoms with Crippen molar-refractivity contribution in [3.63, 3.8) is 0 Å². The normalized spacial score (nSPS) is 11.1. The van der Waals surface area contributed by atoms with Gasteiger partial charge in [-0.05, 0) is 30.0 Å². The summed E-state index contributed by atoms with van der Waals surface area (Å²) in [5, 5.41) is 9.11. The summed E-state index contributed by atoms with van der Waals surface area (Å²) in [5.74, 6) is -0.122. The van der Waals surface area contributed by atoms with Crippen molar-refractivity contribution in [3.05, 3.63) is 23.8 Å². The Hall–Kier alpha value is -1.71. The minimum Gasteiger partial charge on any atom is -0.497 e. The lowest BCUT2D eigenvalue weighted by Gasteiger charge is -2.18.